The first kappa shape index (κ1) is 9.33. The quantitative estimate of drug-likeness (QED) is 0.545. The molecule has 0 amide bonds. The Morgan fingerprint density at radius 3 is 2.75 bits per heavy atom. The Hall–Kier alpha value is 0.770. The molecule has 1 aliphatic heterocycles. The van der Waals surface area contributed by atoms with Crippen LogP contribution in [-0.2, 0) is 0 Å². The Balaban J connectivity index is 2.42. The summed E-state index contributed by atoms with van der Waals surface area (Å²) in [6, 6.07) is 6.07. The van der Waals surface area contributed by atoms with Crippen molar-refractivity contribution in [2.75, 3.05) is 5.73 Å². The summed E-state index contributed by atoms with van der Waals surface area (Å²) >= 11 is 0. The second kappa shape index (κ2) is 4.32. The number of nitrogen functional groups attached to an aromatic ring is 1. The highest BCUT2D eigenvalue weighted by atomic mass is 33.8. The van der Waals surface area contributed by atoms with Crippen molar-refractivity contribution in [3.05, 3.63) is 18.2 Å². The fourth-order valence-corrected chi connectivity index (χ4v) is 9.78. The van der Waals surface area contributed by atoms with E-state index in [1.165, 1.54) is 9.79 Å². The van der Waals surface area contributed by atoms with Crippen LogP contribution in [0.3, 0.4) is 0 Å². The third-order valence-electron chi connectivity index (χ3n) is 1.31. The minimum absolute atomic E-state index is 0.889. The second-order valence-corrected chi connectivity index (χ2v) is 9.53. The summed E-state index contributed by atoms with van der Waals surface area (Å²) in [6.45, 7) is 0. The normalized spacial score (nSPS) is 16.7. The number of anilines is 1. The molecular formula is C6H5NS5. The van der Waals surface area contributed by atoms with E-state index < -0.39 is 0 Å². The predicted molar refractivity (Wildman–Crippen MR) is 65.3 cm³/mol. The number of hydrogen-bond acceptors (Lipinski definition) is 6. The van der Waals surface area contributed by atoms with Crippen molar-refractivity contribution in [1.82, 2.24) is 0 Å². The lowest BCUT2D eigenvalue weighted by molar-refractivity contribution is 1.27. The van der Waals surface area contributed by atoms with Gasteiger partial charge in [0, 0.05) is 10.6 Å². The van der Waals surface area contributed by atoms with E-state index in [2.05, 4.69) is 6.07 Å². The molecule has 1 nitrogen and oxygen atoms in total. The van der Waals surface area contributed by atoms with Crippen LogP contribution in [0, 0.1) is 0 Å². The van der Waals surface area contributed by atoms with Gasteiger partial charge in [-0.2, -0.15) is 0 Å². The minimum atomic E-state index is 0.889. The first-order chi connectivity index (χ1) is 5.88. The first-order valence-corrected chi connectivity index (χ1v) is 9.26. The van der Waals surface area contributed by atoms with Crippen molar-refractivity contribution in [2.45, 2.75) is 9.79 Å². The maximum absolute atomic E-state index is 5.84. The van der Waals surface area contributed by atoms with Crippen LogP contribution in [0.25, 0.3) is 0 Å². The topological polar surface area (TPSA) is 26.0 Å². The summed E-state index contributed by atoms with van der Waals surface area (Å²) in [4.78, 5) is 2.49. The highest BCUT2D eigenvalue weighted by molar-refractivity contribution is 9.36. The van der Waals surface area contributed by atoms with E-state index in [-0.39, 0.29) is 0 Å². The van der Waals surface area contributed by atoms with Crippen LogP contribution in [0.2, 0.25) is 0 Å². The highest BCUT2D eigenvalue weighted by Gasteiger charge is 2.12. The zero-order chi connectivity index (χ0) is 8.39. The summed E-state index contributed by atoms with van der Waals surface area (Å²) in [5, 5.41) is 0. The van der Waals surface area contributed by atoms with Crippen LogP contribution in [-0.4, -0.2) is 0 Å². The molecule has 0 saturated heterocycles. The van der Waals surface area contributed by atoms with E-state index in [4.69, 9.17) is 5.73 Å². The van der Waals surface area contributed by atoms with Gasteiger partial charge in [0.15, 0.2) is 0 Å². The molecule has 12 heavy (non-hydrogen) atoms. The predicted octanol–water partition coefficient (Wildman–Crippen LogP) is 4.33. The van der Waals surface area contributed by atoms with E-state index in [9.17, 15) is 0 Å². The van der Waals surface area contributed by atoms with E-state index in [0.29, 0.717) is 0 Å². The van der Waals surface area contributed by atoms with Gasteiger partial charge < -0.3 is 5.73 Å². The van der Waals surface area contributed by atoms with Crippen LogP contribution < -0.4 is 5.73 Å². The molecular weight excluding hydrogens is 246 g/mol. The standard InChI is InChI=1S/C6H5NS5/c7-4-2-1-3-5-6(4)9-11-12-10-8-5/h1-3H,7H2. The first-order valence-electron chi connectivity index (χ1n) is 3.11. The van der Waals surface area contributed by atoms with Crippen LogP contribution in [0.5, 0.6) is 0 Å². The zero-order valence-corrected chi connectivity index (χ0v) is 9.93. The van der Waals surface area contributed by atoms with Gasteiger partial charge in [-0.15, -0.1) is 0 Å². The average molecular weight is 251 g/mol. The molecule has 1 aliphatic rings. The highest BCUT2D eigenvalue weighted by Crippen LogP contribution is 2.60. The van der Waals surface area contributed by atoms with Gasteiger partial charge in [0.25, 0.3) is 0 Å². The lowest BCUT2D eigenvalue weighted by Crippen LogP contribution is -1.87. The minimum Gasteiger partial charge on any atom is -0.398 e. The van der Waals surface area contributed by atoms with Crippen molar-refractivity contribution in [1.29, 1.82) is 0 Å². The van der Waals surface area contributed by atoms with Crippen molar-refractivity contribution >= 4 is 56.8 Å². The van der Waals surface area contributed by atoms with Crippen molar-refractivity contribution in [3.63, 3.8) is 0 Å². The van der Waals surface area contributed by atoms with Gasteiger partial charge in [0.05, 0.1) is 4.90 Å². The van der Waals surface area contributed by atoms with Crippen molar-refractivity contribution < 1.29 is 0 Å². The number of nitrogens with two attached hydrogens (primary N) is 1. The van der Waals surface area contributed by atoms with Gasteiger partial charge in [-0.05, 0) is 63.2 Å². The molecule has 2 N–H and O–H groups in total. The second-order valence-electron chi connectivity index (χ2n) is 2.05. The number of hydrogen-bond donors (Lipinski definition) is 1. The summed E-state index contributed by atoms with van der Waals surface area (Å²) in [5.74, 6) is 0. The smallest absolute Gasteiger partial charge is 0.0565 e. The molecule has 0 saturated carbocycles. The number of benzene rings is 1. The SMILES string of the molecule is Nc1cccc2c1SSSSS2. The molecule has 0 atom stereocenters. The third kappa shape index (κ3) is 1.98. The Morgan fingerprint density at radius 2 is 1.83 bits per heavy atom. The largest absolute Gasteiger partial charge is 0.398 e. The molecule has 0 aliphatic carbocycles. The fraction of sp³-hybridized carbons (Fsp3) is 0. The molecule has 1 aromatic rings. The van der Waals surface area contributed by atoms with E-state index >= 15 is 0 Å². The molecule has 2 rings (SSSR count). The fourth-order valence-electron chi connectivity index (χ4n) is 0.797. The van der Waals surface area contributed by atoms with Crippen LogP contribution in [0.1, 0.15) is 0 Å². The van der Waals surface area contributed by atoms with Crippen LogP contribution in [0.15, 0.2) is 28.0 Å². The van der Waals surface area contributed by atoms with E-state index in [1.54, 1.807) is 51.1 Å². The molecule has 0 spiro atoms. The molecule has 0 unspecified atom stereocenters. The lowest BCUT2D eigenvalue weighted by Gasteiger charge is -2.04. The lowest BCUT2D eigenvalue weighted by atomic mass is 10.3. The molecule has 64 valence electrons. The average Bonchev–Trinajstić information content (AvgIpc) is 2.30. The van der Waals surface area contributed by atoms with Gasteiger partial charge in [0.1, 0.15) is 0 Å². The number of fused-ring (bicyclic) bond motifs is 1. The summed E-state index contributed by atoms with van der Waals surface area (Å²) < 4.78 is 0. The molecule has 0 radical (unpaired) electrons. The van der Waals surface area contributed by atoms with Gasteiger partial charge in [-0.3, -0.25) is 0 Å². The van der Waals surface area contributed by atoms with Gasteiger partial charge in [-0.1, -0.05) is 6.07 Å². The van der Waals surface area contributed by atoms with Crippen LogP contribution >= 0.6 is 51.1 Å². The summed E-state index contributed by atoms with van der Waals surface area (Å²) in [5.41, 5.74) is 6.73. The Kier molecular flexibility index (Phi) is 3.36. The maximum Gasteiger partial charge on any atom is 0.0565 e. The summed E-state index contributed by atoms with van der Waals surface area (Å²) in [7, 11) is 8.87. The van der Waals surface area contributed by atoms with Gasteiger partial charge in [0.2, 0.25) is 0 Å². The van der Waals surface area contributed by atoms with Gasteiger partial charge in [-0.25, -0.2) is 0 Å². The molecule has 1 heterocycles. The third-order valence-corrected chi connectivity index (χ3v) is 9.83. The van der Waals surface area contributed by atoms with Crippen molar-refractivity contribution in [2.24, 2.45) is 0 Å². The molecule has 1 aromatic carbocycles. The Labute approximate surface area is 90.0 Å². The zero-order valence-electron chi connectivity index (χ0n) is 5.85. The van der Waals surface area contributed by atoms with Crippen LogP contribution in [0.4, 0.5) is 5.69 Å². The summed E-state index contributed by atoms with van der Waals surface area (Å²) in [6.07, 6.45) is 0. The van der Waals surface area contributed by atoms with E-state index in [1.807, 2.05) is 12.1 Å². The molecule has 0 fully saturated rings. The van der Waals surface area contributed by atoms with Gasteiger partial charge >= 0.3 is 0 Å². The number of rotatable bonds is 0. The molecule has 0 bridgehead atoms. The Bertz CT molecular complexity index is 289. The van der Waals surface area contributed by atoms with E-state index in [0.717, 1.165) is 5.69 Å². The maximum atomic E-state index is 5.84. The Morgan fingerprint density at radius 1 is 1.00 bits per heavy atom. The molecule has 0 aromatic heterocycles. The molecule has 6 heteroatoms. The van der Waals surface area contributed by atoms with Crippen molar-refractivity contribution in [3.8, 4) is 0 Å². The monoisotopic (exact) mass is 251 g/mol.